The summed E-state index contributed by atoms with van der Waals surface area (Å²) in [4.78, 5) is 0. The summed E-state index contributed by atoms with van der Waals surface area (Å²) < 4.78 is 101. The van der Waals surface area contributed by atoms with Crippen LogP contribution in [0.3, 0.4) is 0 Å². The molecule has 0 fully saturated rings. The molecule has 0 saturated carbocycles. The molecule has 0 heterocycles. The normalized spacial score (nSPS) is 11.6. The van der Waals surface area contributed by atoms with Gasteiger partial charge in [-0.15, -0.1) is 0 Å². The van der Waals surface area contributed by atoms with Crippen molar-refractivity contribution in [3.8, 4) is 16.9 Å². The van der Waals surface area contributed by atoms with Gasteiger partial charge in [-0.1, -0.05) is 18.2 Å². The van der Waals surface area contributed by atoms with Crippen LogP contribution in [0, 0.1) is 42.9 Å². The van der Waals surface area contributed by atoms with Crippen molar-refractivity contribution >= 4 is 0 Å². The Morgan fingerprint density at radius 1 is 0.655 bits per heavy atom. The molecule has 0 bridgehead atoms. The summed E-state index contributed by atoms with van der Waals surface area (Å²) >= 11 is 0. The van der Waals surface area contributed by atoms with Crippen molar-refractivity contribution in [2.24, 2.45) is 0 Å². The van der Waals surface area contributed by atoms with Gasteiger partial charge in [0.05, 0.1) is 0 Å². The maximum atomic E-state index is 14.4. The molecular weight excluding hydrogens is 401 g/mol. The van der Waals surface area contributed by atoms with Crippen LogP contribution in [0.1, 0.15) is 16.7 Å². The molecule has 3 rings (SSSR count). The van der Waals surface area contributed by atoms with Crippen molar-refractivity contribution in [1.82, 2.24) is 0 Å². The standard InChI is InChI=1S/C21H13F7O/c1-10-3-4-12(5-11(10)2)13-6-15(22)19(16(23)7-13)21(27,28)29-14-8-17(24)20(26)18(25)9-14/h3-9H,1-2H3. The summed E-state index contributed by atoms with van der Waals surface area (Å²) in [5.41, 5.74) is 0.451. The van der Waals surface area contributed by atoms with Crippen LogP contribution in [0.25, 0.3) is 11.1 Å². The number of rotatable bonds is 4. The van der Waals surface area contributed by atoms with Crippen LogP contribution >= 0.6 is 0 Å². The van der Waals surface area contributed by atoms with Gasteiger partial charge in [0.25, 0.3) is 0 Å². The Balaban J connectivity index is 2.00. The molecule has 0 spiro atoms. The third-order valence-corrected chi connectivity index (χ3v) is 4.38. The van der Waals surface area contributed by atoms with Crippen molar-refractivity contribution in [2.45, 2.75) is 20.0 Å². The van der Waals surface area contributed by atoms with Gasteiger partial charge in [0.2, 0.25) is 0 Å². The van der Waals surface area contributed by atoms with Gasteiger partial charge in [0.15, 0.2) is 17.5 Å². The summed E-state index contributed by atoms with van der Waals surface area (Å²) in [6, 6.07) is 6.62. The van der Waals surface area contributed by atoms with E-state index in [1.165, 1.54) is 0 Å². The Morgan fingerprint density at radius 2 is 1.21 bits per heavy atom. The molecule has 0 aliphatic rings. The Morgan fingerprint density at radius 3 is 1.72 bits per heavy atom. The average Bonchev–Trinajstić information content (AvgIpc) is 2.60. The van der Waals surface area contributed by atoms with E-state index in [2.05, 4.69) is 4.74 Å². The predicted molar refractivity (Wildman–Crippen MR) is 92.1 cm³/mol. The molecule has 0 N–H and O–H groups in total. The molecule has 3 aromatic carbocycles. The quantitative estimate of drug-likeness (QED) is 0.337. The second kappa shape index (κ2) is 7.42. The van der Waals surface area contributed by atoms with E-state index in [1.54, 1.807) is 25.1 Å². The number of ether oxygens (including phenoxy) is 1. The molecule has 0 aromatic heterocycles. The van der Waals surface area contributed by atoms with Crippen molar-refractivity contribution < 1.29 is 35.5 Å². The number of benzene rings is 3. The molecule has 0 amide bonds. The zero-order valence-corrected chi connectivity index (χ0v) is 15.1. The zero-order valence-electron chi connectivity index (χ0n) is 15.1. The van der Waals surface area contributed by atoms with E-state index in [0.29, 0.717) is 17.7 Å². The number of hydrogen-bond donors (Lipinski definition) is 0. The fourth-order valence-corrected chi connectivity index (χ4v) is 2.73. The third-order valence-electron chi connectivity index (χ3n) is 4.38. The minimum atomic E-state index is -4.62. The second-order valence-corrected chi connectivity index (χ2v) is 6.43. The van der Waals surface area contributed by atoms with Gasteiger partial charge >= 0.3 is 6.11 Å². The molecule has 0 saturated heterocycles. The van der Waals surface area contributed by atoms with Gasteiger partial charge in [-0.2, -0.15) is 8.78 Å². The highest BCUT2D eigenvalue weighted by molar-refractivity contribution is 5.65. The molecule has 0 radical (unpaired) electrons. The topological polar surface area (TPSA) is 9.23 Å². The molecule has 0 aliphatic carbocycles. The van der Waals surface area contributed by atoms with E-state index in [4.69, 9.17) is 0 Å². The molecular formula is C21H13F7O. The van der Waals surface area contributed by atoms with Crippen molar-refractivity contribution in [3.63, 3.8) is 0 Å². The van der Waals surface area contributed by atoms with Gasteiger partial charge < -0.3 is 4.74 Å². The molecule has 1 nitrogen and oxygen atoms in total. The molecule has 3 aromatic rings. The molecule has 0 atom stereocenters. The molecule has 8 heteroatoms. The van der Waals surface area contributed by atoms with Crippen molar-refractivity contribution in [2.75, 3.05) is 0 Å². The average molecular weight is 414 g/mol. The van der Waals surface area contributed by atoms with Crippen LogP contribution in [-0.4, -0.2) is 0 Å². The lowest BCUT2D eigenvalue weighted by Crippen LogP contribution is -2.25. The monoisotopic (exact) mass is 414 g/mol. The Bertz CT molecular complexity index is 1050. The molecule has 0 aliphatic heterocycles. The minimum absolute atomic E-state index is 0.0153. The molecule has 152 valence electrons. The second-order valence-electron chi connectivity index (χ2n) is 6.43. The summed E-state index contributed by atoms with van der Waals surface area (Å²) in [6.45, 7) is 3.62. The van der Waals surface area contributed by atoms with Gasteiger partial charge in [0.1, 0.15) is 22.9 Å². The van der Waals surface area contributed by atoms with E-state index < -0.39 is 46.5 Å². The van der Waals surface area contributed by atoms with E-state index in [1.807, 2.05) is 6.92 Å². The summed E-state index contributed by atoms with van der Waals surface area (Å²) in [6.07, 6.45) is -4.62. The van der Waals surface area contributed by atoms with E-state index in [0.717, 1.165) is 11.1 Å². The highest BCUT2D eigenvalue weighted by Gasteiger charge is 2.41. The lowest BCUT2D eigenvalue weighted by Gasteiger charge is -2.20. The number of aryl methyl sites for hydroxylation is 2. The van der Waals surface area contributed by atoms with Gasteiger partial charge in [-0.25, -0.2) is 22.0 Å². The Kier molecular flexibility index (Phi) is 5.30. The fraction of sp³-hybridized carbons (Fsp3) is 0.143. The van der Waals surface area contributed by atoms with E-state index >= 15 is 0 Å². The van der Waals surface area contributed by atoms with Crippen LogP contribution in [0.5, 0.6) is 5.75 Å². The number of alkyl halides is 2. The SMILES string of the molecule is Cc1ccc(-c2cc(F)c(C(F)(F)Oc3cc(F)c(F)c(F)c3)c(F)c2)cc1C. The van der Waals surface area contributed by atoms with E-state index in [-0.39, 0.29) is 17.7 Å². The van der Waals surface area contributed by atoms with Gasteiger partial charge in [-0.05, 0) is 48.2 Å². The first-order valence-electron chi connectivity index (χ1n) is 8.28. The maximum Gasteiger partial charge on any atom is 0.432 e. The van der Waals surface area contributed by atoms with Gasteiger partial charge in [0, 0.05) is 12.1 Å². The predicted octanol–water partition coefficient (Wildman–Crippen LogP) is 6.79. The van der Waals surface area contributed by atoms with Crippen molar-refractivity contribution in [1.29, 1.82) is 0 Å². The largest absolute Gasteiger partial charge is 0.432 e. The Hall–Kier alpha value is -3.03. The highest BCUT2D eigenvalue weighted by atomic mass is 19.3. The van der Waals surface area contributed by atoms with Gasteiger partial charge in [-0.3, -0.25) is 0 Å². The van der Waals surface area contributed by atoms with Crippen LogP contribution in [0.4, 0.5) is 30.7 Å². The third kappa shape index (κ3) is 4.06. The van der Waals surface area contributed by atoms with E-state index in [9.17, 15) is 30.7 Å². The first-order valence-corrected chi connectivity index (χ1v) is 8.28. The smallest absolute Gasteiger partial charge is 0.429 e. The van der Waals surface area contributed by atoms with Crippen LogP contribution in [0.2, 0.25) is 0 Å². The zero-order chi connectivity index (χ0) is 21.5. The summed E-state index contributed by atoms with van der Waals surface area (Å²) in [5.74, 6) is -9.85. The number of halogens is 7. The summed E-state index contributed by atoms with van der Waals surface area (Å²) in [5, 5.41) is 0. The lowest BCUT2D eigenvalue weighted by molar-refractivity contribution is -0.189. The van der Waals surface area contributed by atoms with Crippen LogP contribution < -0.4 is 4.74 Å². The number of hydrogen-bond acceptors (Lipinski definition) is 1. The maximum absolute atomic E-state index is 14.4. The Labute approximate surface area is 161 Å². The fourth-order valence-electron chi connectivity index (χ4n) is 2.73. The molecule has 0 unspecified atom stereocenters. The first kappa shape index (κ1) is 20.7. The van der Waals surface area contributed by atoms with Crippen molar-refractivity contribution in [3.05, 3.63) is 88.2 Å². The lowest BCUT2D eigenvalue weighted by atomic mass is 9.99. The first-order chi connectivity index (χ1) is 13.5. The summed E-state index contributed by atoms with van der Waals surface area (Å²) in [7, 11) is 0. The van der Waals surface area contributed by atoms with Crippen LogP contribution in [0.15, 0.2) is 42.5 Å². The van der Waals surface area contributed by atoms with Crippen LogP contribution in [-0.2, 0) is 6.11 Å². The highest BCUT2D eigenvalue weighted by Crippen LogP contribution is 2.37. The minimum Gasteiger partial charge on any atom is -0.429 e. The molecule has 29 heavy (non-hydrogen) atoms.